The zero-order chi connectivity index (χ0) is 13.1. The SMILES string of the molecule is CCCn1c(Cc2ccccc2)nc2cccnc21. The van der Waals surface area contributed by atoms with Gasteiger partial charge in [0.05, 0.1) is 0 Å². The topological polar surface area (TPSA) is 30.7 Å². The molecule has 1 aromatic carbocycles. The number of imidazole rings is 1. The zero-order valence-electron chi connectivity index (χ0n) is 11.1. The fourth-order valence-electron chi connectivity index (χ4n) is 2.38. The Hall–Kier alpha value is -2.16. The van der Waals surface area contributed by atoms with Gasteiger partial charge in [-0.05, 0) is 24.1 Å². The summed E-state index contributed by atoms with van der Waals surface area (Å²) in [6, 6.07) is 14.4. The van der Waals surface area contributed by atoms with E-state index in [0.717, 1.165) is 36.4 Å². The Morgan fingerprint density at radius 3 is 2.68 bits per heavy atom. The number of rotatable bonds is 4. The van der Waals surface area contributed by atoms with Gasteiger partial charge in [0.2, 0.25) is 0 Å². The highest BCUT2D eigenvalue weighted by Gasteiger charge is 2.10. The Morgan fingerprint density at radius 1 is 1.05 bits per heavy atom. The van der Waals surface area contributed by atoms with Crippen molar-refractivity contribution in [3.63, 3.8) is 0 Å². The summed E-state index contributed by atoms with van der Waals surface area (Å²) in [7, 11) is 0. The van der Waals surface area contributed by atoms with E-state index >= 15 is 0 Å². The lowest BCUT2D eigenvalue weighted by Gasteiger charge is -2.06. The third-order valence-corrected chi connectivity index (χ3v) is 3.24. The first-order chi connectivity index (χ1) is 9.38. The van der Waals surface area contributed by atoms with E-state index in [1.807, 2.05) is 24.4 Å². The number of hydrogen-bond acceptors (Lipinski definition) is 2. The second kappa shape index (κ2) is 5.22. The van der Waals surface area contributed by atoms with Crippen LogP contribution in [0, 0.1) is 0 Å². The lowest BCUT2D eigenvalue weighted by atomic mass is 10.1. The fraction of sp³-hybridized carbons (Fsp3) is 0.250. The molecule has 3 nitrogen and oxygen atoms in total. The molecule has 0 amide bonds. The van der Waals surface area contributed by atoms with Crippen molar-refractivity contribution in [2.24, 2.45) is 0 Å². The van der Waals surface area contributed by atoms with Crippen molar-refractivity contribution in [1.82, 2.24) is 14.5 Å². The van der Waals surface area contributed by atoms with Crippen molar-refractivity contribution in [3.8, 4) is 0 Å². The van der Waals surface area contributed by atoms with E-state index in [0.29, 0.717) is 0 Å². The van der Waals surface area contributed by atoms with Crippen LogP contribution in [0.15, 0.2) is 48.7 Å². The van der Waals surface area contributed by atoms with Gasteiger partial charge in [0.25, 0.3) is 0 Å². The minimum absolute atomic E-state index is 0.858. The van der Waals surface area contributed by atoms with Gasteiger partial charge in [-0.15, -0.1) is 0 Å². The zero-order valence-corrected chi connectivity index (χ0v) is 11.1. The van der Waals surface area contributed by atoms with Crippen molar-refractivity contribution >= 4 is 11.2 Å². The molecule has 0 aliphatic rings. The van der Waals surface area contributed by atoms with Crippen LogP contribution in [0.2, 0.25) is 0 Å². The largest absolute Gasteiger partial charge is 0.312 e. The Balaban J connectivity index is 2.04. The average Bonchev–Trinajstić information content (AvgIpc) is 2.79. The van der Waals surface area contributed by atoms with Gasteiger partial charge >= 0.3 is 0 Å². The second-order valence-corrected chi connectivity index (χ2v) is 4.69. The molecule has 0 aliphatic carbocycles. The monoisotopic (exact) mass is 251 g/mol. The minimum Gasteiger partial charge on any atom is -0.312 e. The van der Waals surface area contributed by atoms with Crippen LogP contribution in [0.1, 0.15) is 24.7 Å². The third-order valence-electron chi connectivity index (χ3n) is 3.24. The van der Waals surface area contributed by atoms with Crippen LogP contribution in [0.25, 0.3) is 11.2 Å². The van der Waals surface area contributed by atoms with Crippen LogP contribution >= 0.6 is 0 Å². The lowest BCUT2D eigenvalue weighted by molar-refractivity contribution is 0.659. The first-order valence-corrected chi connectivity index (χ1v) is 6.72. The lowest BCUT2D eigenvalue weighted by Crippen LogP contribution is -2.04. The van der Waals surface area contributed by atoms with Crippen molar-refractivity contribution in [2.45, 2.75) is 26.3 Å². The molecule has 3 heteroatoms. The van der Waals surface area contributed by atoms with E-state index in [4.69, 9.17) is 4.98 Å². The Bertz CT molecular complexity index is 671. The molecule has 0 atom stereocenters. The molecule has 3 aromatic rings. The summed E-state index contributed by atoms with van der Waals surface area (Å²) >= 11 is 0. The van der Waals surface area contributed by atoms with Crippen molar-refractivity contribution in [2.75, 3.05) is 0 Å². The van der Waals surface area contributed by atoms with Gasteiger partial charge in [-0.1, -0.05) is 37.3 Å². The number of aromatic nitrogens is 3. The molecule has 0 spiro atoms. The van der Waals surface area contributed by atoms with E-state index in [2.05, 4.69) is 40.7 Å². The number of aryl methyl sites for hydroxylation is 1. The van der Waals surface area contributed by atoms with Gasteiger partial charge in [0.15, 0.2) is 5.65 Å². The van der Waals surface area contributed by atoms with Gasteiger partial charge in [0, 0.05) is 19.2 Å². The van der Waals surface area contributed by atoms with Gasteiger partial charge in [0.1, 0.15) is 11.3 Å². The molecule has 0 unspecified atom stereocenters. The van der Waals surface area contributed by atoms with E-state index < -0.39 is 0 Å². The quantitative estimate of drug-likeness (QED) is 0.711. The summed E-state index contributed by atoms with van der Waals surface area (Å²) in [5.74, 6) is 1.10. The number of hydrogen-bond donors (Lipinski definition) is 0. The van der Waals surface area contributed by atoms with Crippen LogP contribution in [0.4, 0.5) is 0 Å². The van der Waals surface area contributed by atoms with Crippen molar-refractivity contribution < 1.29 is 0 Å². The van der Waals surface area contributed by atoms with Gasteiger partial charge in [-0.25, -0.2) is 9.97 Å². The predicted octanol–water partition coefficient (Wildman–Crippen LogP) is 3.43. The fourth-order valence-corrected chi connectivity index (χ4v) is 2.38. The number of pyridine rings is 1. The highest BCUT2D eigenvalue weighted by molar-refractivity contribution is 5.71. The van der Waals surface area contributed by atoms with E-state index in [-0.39, 0.29) is 0 Å². The molecule has 96 valence electrons. The average molecular weight is 251 g/mol. The maximum atomic E-state index is 4.73. The summed E-state index contributed by atoms with van der Waals surface area (Å²) in [5.41, 5.74) is 3.27. The summed E-state index contributed by atoms with van der Waals surface area (Å²) in [6.45, 7) is 3.15. The molecule has 0 N–H and O–H groups in total. The minimum atomic E-state index is 0.858. The first-order valence-electron chi connectivity index (χ1n) is 6.72. The molecule has 2 heterocycles. The highest BCUT2D eigenvalue weighted by Crippen LogP contribution is 2.17. The molecule has 0 bridgehead atoms. The van der Waals surface area contributed by atoms with Crippen LogP contribution in [-0.4, -0.2) is 14.5 Å². The van der Waals surface area contributed by atoms with Crippen LogP contribution in [0.3, 0.4) is 0 Å². The van der Waals surface area contributed by atoms with Gasteiger partial charge in [-0.2, -0.15) is 0 Å². The molecular formula is C16H17N3. The highest BCUT2D eigenvalue weighted by atomic mass is 15.1. The maximum absolute atomic E-state index is 4.73. The van der Waals surface area contributed by atoms with E-state index in [9.17, 15) is 0 Å². The molecule has 19 heavy (non-hydrogen) atoms. The number of nitrogens with zero attached hydrogens (tertiary/aromatic N) is 3. The molecule has 0 saturated carbocycles. The second-order valence-electron chi connectivity index (χ2n) is 4.69. The standard InChI is InChI=1S/C16H17N3/c1-2-11-19-15(12-13-7-4-3-5-8-13)18-14-9-6-10-17-16(14)19/h3-10H,2,11-12H2,1H3. The molecule has 0 saturated heterocycles. The van der Waals surface area contributed by atoms with Gasteiger partial charge < -0.3 is 4.57 Å². The molecular weight excluding hydrogens is 234 g/mol. The number of fused-ring (bicyclic) bond motifs is 1. The maximum Gasteiger partial charge on any atom is 0.159 e. The smallest absolute Gasteiger partial charge is 0.159 e. The Labute approximate surface area is 112 Å². The van der Waals surface area contributed by atoms with E-state index in [1.54, 1.807) is 0 Å². The number of benzene rings is 1. The molecule has 0 fully saturated rings. The molecule has 0 radical (unpaired) electrons. The van der Waals surface area contributed by atoms with Crippen molar-refractivity contribution in [1.29, 1.82) is 0 Å². The molecule has 3 rings (SSSR count). The summed E-state index contributed by atoms with van der Waals surface area (Å²) in [6.07, 6.45) is 3.78. The molecule has 0 aliphatic heterocycles. The third kappa shape index (κ3) is 2.36. The Kier molecular flexibility index (Phi) is 3.27. The van der Waals surface area contributed by atoms with Crippen LogP contribution < -0.4 is 0 Å². The van der Waals surface area contributed by atoms with Crippen LogP contribution in [-0.2, 0) is 13.0 Å². The Morgan fingerprint density at radius 2 is 1.89 bits per heavy atom. The van der Waals surface area contributed by atoms with Crippen molar-refractivity contribution in [3.05, 3.63) is 60.0 Å². The first kappa shape index (κ1) is 11.9. The van der Waals surface area contributed by atoms with Gasteiger partial charge in [-0.3, -0.25) is 0 Å². The summed E-state index contributed by atoms with van der Waals surface area (Å²) in [5, 5.41) is 0. The predicted molar refractivity (Wildman–Crippen MR) is 77.1 cm³/mol. The van der Waals surface area contributed by atoms with Crippen LogP contribution in [0.5, 0.6) is 0 Å². The summed E-state index contributed by atoms with van der Waals surface area (Å²) in [4.78, 5) is 9.19. The normalized spacial score (nSPS) is 11.0. The summed E-state index contributed by atoms with van der Waals surface area (Å²) < 4.78 is 2.24. The van der Waals surface area contributed by atoms with E-state index in [1.165, 1.54) is 5.56 Å². The molecule has 2 aromatic heterocycles.